The molecule has 2 aromatic heterocycles. The molecule has 0 spiro atoms. The van der Waals surface area contributed by atoms with Gasteiger partial charge in [0.15, 0.2) is 11.6 Å². The van der Waals surface area contributed by atoms with Crippen LogP contribution in [0.25, 0.3) is 10.9 Å². The van der Waals surface area contributed by atoms with E-state index in [2.05, 4.69) is 25.8 Å². The van der Waals surface area contributed by atoms with Crippen LogP contribution >= 0.6 is 0 Å². The minimum absolute atomic E-state index is 0.163. The van der Waals surface area contributed by atoms with Crippen LogP contribution in [0.5, 0.6) is 17.4 Å². The van der Waals surface area contributed by atoms with Crippen molar-refractivity contribution in [2.45, 2.75) is 32.4 Å². The number of anilines is 2. The lowest BCUT2D eigenvalue weighted by molar-refractivity contribution is -0.185. The van der Waals surface area contributed by atoms with Crippen LogP contribution in [0.4, 0.5) is 29.5 Å². The summed E-state index contributed by atoms with van der Waals surface area (Å²) in [5, 5.41) is 9.06. The van der Waals surface area contributed by atoms with Gasteiger partial charge in [0.1, 0.15) is 23.2 Å². The molecule has 0 atom stereocenters. The van der Waals surface area contributed by atoms with E-state index in [1.807, 2.05) is 13.0 Å². The van der Waals surface area contributed by atoms with Gasteiger partial charge in [-0.1, -0.05) is 11.2 Å². The zero-order valence-electron chi connectivity index (χ0n) is 19.7. The number of ether oxygens (including phenoxy) is 2. The molecule has 0 saturated carbocycles. The highest BCUT2D eigenvalue weighted by atomic mass is 19.4. The molecule has 36 heavy (non-hydrogen) atoms. The molecule has 0 fully saturated rings. The van der Waals surface area contributed by atoms with E-state index in [0.29, 0.717) is 34.0 Å². The van der Waals surface area contributed by atoms with Crippen molar-refractivity contribution in [2.75, 3.05) is 17.7 Å². The Kier molecular flexibility index (Phi) is 6.44. The predicted octanol–water partition coefficient (Wildman–Crippen LogP) is 6.21. The topological polar surface area (TPSA) is 111 Å². The van der Waals surface area contributed by atoms with Crippen LogP contribution in [0.3, 0.4) is 0 Å². The third-order valence-electron chi connectivity index (χ3n) is 5.50. The van der Waals surface area contributed by atoms with Crippen molar-refractivity contribution in [2.24, 2.45) is 0 Å². The SMILES string of the molecule is COc1cc2c(Oc3cccc(NC(=O)Nc4cc(C(C)(C)C(F)(F)F)on4)c3)ncnc2cc1C. The third-order valence-corrected chi connectivity index (χ3v) is 5.50. The highest BCUT2D eigenvalue weighted by Gasteiger charge is 2.51. The second-order valence-corrected chi connectivity index (χ2v) is 8.43. The number of amides is 2. The molecule has 188 valence electrons. The monoisotopic (exact) mass is 501 g/mol. The molecule has 0 aliphatic heterocycles. The first-order chi connectivity index (χ1) is 17.0. The van der Waals surface area contributed by atoms with Gasteiger partial charge in [0.05, 0.1) is 18.0 Å². The van der Waals surface area contributed by atoms with Crippen molar-refractivity contribution in [1.82, 2.24) is 15.1 Å². The summed E-state index contributed by atoms with van der Waals surface area (Å²) in [6.07, 6.45) is -3.17. The maximum atomic E-state index is 13.2. The van der Waals surface area contributed by atoms with Crippen LogP contribution < -0.4 is 20.1 Å². The number of benzene rings is 2. The highest BCUT2D eigenvalue weighted by Crippen LogP contribution is 2.41. The summed E-state index contributed by atoms with van der Waals surface area (Å²) in [6.45, 7) is 3.82. The predicted molar refractivity (Wildman–Crippen MR) is 126 cm³/mol. The van der Waals surface area contributed by atoms with Crippen molar-refractivity contribution in [3.8, 4) is 17.4 Å². The number of hydrogen-bond donors (Lipinski definition) is 2. The number of halogens is 3. The average molecular weight is 501 g/mol. The molecule has 4 rings (SSSR count). The van der Waals surface area contributed by atoms with E-state index >= 15 is 0 Å². The molecule has 0 radical (unpaired) electrons. The molecular weight excluding hydrogens is 479 g/mol. The number of aryl methyl sites for hydroxylation is 1. The van der Waals surface area contributed by atoms with Crippen LogP contribution in [0.1, 0.15) is 25.2 Å². The minimum Gasteiger partial charge on any atom is -0.496 e. The number of aromatic nitrogens is 3. The van der Waals surface area contributed by atoms with Crippen molar-refractivity contribution in [3.05, 3.63) is 60.1 Å². The summed E-state index contributed by atoms with van der Waals surface area (Å²) < 4.78 is 55.7. The second-order valence-electron chi connectivity index (χ2n) is 8.43. The third kappa shape index (κ3) is 5.02. The van der Waals surface area contributed by atoms with E-state index in [0.717, 1.165) is 25.5 Å². The van der Waals surface area contributed by atoms with E-state index in [1.54, 1.807) is 37.4 Å². The van der Waals surface area contributed by atoms with E-state index in [1.165, 1.54) is 6.33 Å². The maximum Gasteiger partial charge on any atom is 0.401 e. The summed E-state index contributed by atoms with van der Waals surface area (Å²) in [5.41, 5.74) is -0.326. The molecule has 2 aromatic carbocycles. The Balaban J connectivity index is 1.47. The zero-order chi connectivity index (χ0) is 26.1. The molecule has 0 aliphatic carbocycles. The van der Waals surface area contributed by atoms with E-state index in [4.69, 9.17) is 14.0 Å². The van der Waals surface area contributed by atoms with Gasteiger partial charge in [-0.3, -0.25) is 5.32 Å². The van der Waals surface area contributed by atoms with Crippen LogP contribution in [0.2, 0.25) is 0 Å². The normalized spacial score (nSPS) is 11.9. The Labute approximate surface area is 203 Å². The number of rotatable bonds is 6. The summed E-state index contributed by atoms with van der Waals surface area (Å²) in [6, 6.07) is 10.4. The van der Waals surface area contributed by atoms with Crippen molar-refractivity contribution < 1.29 is 32.0 Å². The summed E-state index contributed by atoms with van der Waals surface area (Å²) in [4.78, 5) is 20.8. The number of hydrogen-bond acceptors (Lipinski definition) is 7. The molecule has 2 amide bonds. The maximum absolute atomic E-state index is 13.2. The Morgan fingerprint density at radius 2 is 1.83 bits per heavy atom. The molecule has 9 nitrogen and oxygen atoms in total. The van der Waals surface area contributed by atoms with Crippen molar-refractivity contribution in [1.29, 1.82) is 0 Å². The Morgan fingerprint density at radius 1 is 1.06 bits per heavy atom. The van der Waals surface area contributed by atoms with Gasteiger partial charge >= 0.3 is 12.2 Å². The number of nitrogens with zero attached hydrogens (tertiary/aromatic N) is 3. The Hall–Kier alpha value is -4.35. The van der Waals surface area contributed by atoms with Crippen molar-refractivity contribution in [3.63, 3.8) is 0 Å². The number of fused-ring (bicyclic) bond motifs is 1. The van der Waals surface area contributed by atoms with Crippen LogP contribution in [0, 0.1) is 6.92 Å². The fourth-order valence-electron chi connectivity index (χ4n) is 3.26. The largest absolute Gasteiger partial charge is 0.496 e. The van der Waals surface area contributed by atoms with E-state index in [9.17, 15) is 18.0 Å². The molecule has 2 heterocycles. The lowest BCUT2D eigenvalue weighted by atomic mass is 9.89. The van der Waals surface area contributed by atoms with Crippen LogP contribution in [-0.4, -0.2) is 34.4 Å². The van der Waals surface area contributed by atoms with Gasteiger partial charge in [-0.05, 0) is 50.6 Å². The fourth-order valence-corrected chi connectivity index (χ4v) is 3.26. The number of carbonyl (C=O) groups excluding carboxylic acids is 1. The first-order valence-electron chi connectivity index (χ1n) is 10.7. The van der Waals surface area contributed by atoms with Gasteiger partial charge < -0.3 is 19.3 Å². The number of carbonyl (C=O) groups is 1. The standard InChI is InChI=1S/C24H22F3N5O4/c1-13-8-17-16(10-18(13)34-4)21(29-12-28-17)35-15-7-5-6-14(9-15)30-22(33)31-20-11-19(36-32-20)23(2,3)24(25,26)27/h5-12H,1-4H3,(H2,30,31,32,33). The Bertz CT molecular complexity index is 1420. The number of alkyl halides is 3. The van der Waals surface area contributed by atoms with Gasteiger partial charge in [0, 0.05) is 17.8 Å². The number of nitrogens with one attached hydrogen (secondary N) is 2. The quantitative estimate of drug-likeness (QED) is 0.323. The van der Waals surface area contributed by atoms with Gasteiger partial charge in [-0.2, -0.15) is 13.2 Å². The summed E-state index contributed by atoms with van der Waals surface area (Å²) in [7, 11) is 1.57. The lowest BCUT2D eigenvalue weighted by Crippen LogP contribution is -2.35. The second kappa shape index (κ2) is 9.36. The summed E-state index contributed by atoms with van der Waals surface area (Å²) >= 11 is 0. The van der Waals surface area contributed by atoms with Gasteiger partial charge in [0.25, 0.3) is 0 Å². The van der Waals surface area contributed by atoms with Crippen molar-refractivity contribution >= 4 is 28.4 Å². The lowest BCUT2D eigenvalue weighted by Gasteiger charge is -2.24. The minimum atomic E-state index is -4.55. The fraction of sp³-hybridized carbons (Fsp3) is 0.250. The zero-order valence-corrected chi connectivity index (χ0v) is 19.7. The number of urea groups is 1. The molecule has 0 aliphatic rings. The molecule has 4 aromatic rings. The van der Waals surface area contributed by atoms with Gasteiger partial charge in [0.2, 0.25) is 5.88 Å². The molecule has 0 saturated heterocycles. The Morgan fingerprint density at radius 3 is 2.56 bits per heavy atom. The van der Waals surface area contributed by atoms with E-state index in [-0.39, 0.29) is 5.82 Å². The smallest absolute Gasteiger partial charge is 0.401 e. The molecule has 0 bridgehead atoms. The van der Waals surface area contributed by atoms with Gasteiger partial charge in [-0.25, -0.2) is 14.8 Å². The molecule has 2 N–H and O–H groups in total. The molecular formula is C24H22F3N5O4. The number of methoxy groups -OCH3 is 1. The van der Waals surface area contributed by atoms with E-state index < -0.39 is 23.4 Å². The highest BCUT2D eigenvalue weighted by molar-refractivity contribution is 5.99. The molecule has 0 unspecified atom stereocenters. The summed E-state index contributed by atoms with van der Waals surface area (Å²) in [5.74, 6) is 0.739. The van der Waals surface area contributed by atoms with Crippen LogP contribution in [0.15, 0.2) is 53.3 Å². The van der Waals surface area contributed by atoms with Gasteiger partial charge in [-0.15, -0.1) is 0 Å². The average Bonchev–Trinajstić information content (AvgIpc) is 3.27. The first kappa shape index (κ1) is 24.8. The van der Waals surface area contributed by atoms with Crippen LogP contribution in [-0.2, 0) is 5.41 Å². The first-order valence-corrected chi connectivity index (χ1v) is 10.7. The molecule has 12 heteroatoms.